The zero-order valence-electron chi connectivity index (χ0n) is 16.0. The number of halogens is 2. The van der Waals surface area contributed by atoms with E-state index in [1.54, 1.807) is 0 Å². The minimum Gasteiger partial charge on any atom is -0.355 e. The van der Waals surface area contributed by atoms with Gasteiger partial charge in [0.2, 0.25) is 11.0 Å². The van der Waals surface area contributed by atoms with Crippen molar-refractivity contribution in [3.63, 3.8) is 0 Å². The molecule has 162 valence electrons. The summed E-state index contributed by atoms with van der Waals surface area (Å²) in [5.41, 5.74) is 1.29. The highest BCUT2D eigenvalue weighted by atomic mass is 35.5. The third kappa shape index (κ3) is 5.49. The Morgan fingerprint density at radius 2 is 1.91 bits per heavy atom. The molecule has 0 aliphatic rings. The highest BCUT2D eigenvalue weighted by Gasteiger charge is 2.16. The van der Waals surface area contributed by atoms with Crippen LogP contribution in [-0.4, -0.2) is 32.9 Å². The minimum atomic E-state index is -0.565. The van der Waals surface area contributed by atoms with E-state index in [0.29, 0.717) is 15.8 Å². The summed E-state index contributed by atoms with van der Waals surface area (Å²) in [6.45, 7) is 0. The van der Waals surface area contributed by atoms with Gasteiger partial charge in [0, 0.05) is 17.3 Å². The van der Waals surface area contributed by atoms with Crippen molar-refractivity contribution in [1.82, 2.24) is 15.4 Å². The number of thioether (sulfide) groups is 1. The first-order valence-electron chi connectivity index (χ1n) is 9.02. The molecule has 2 aromatic carbocycles. The van der Waals surface area contributed by atoms with Crippen molar-refractivity contribution in [2.45, 2.75) is 4.34 Å². The van der Waals surface area contributed by atoms with Crippen LogP contribution in [0.5, 0.6) is 0 Å². The maximum absolute atomic E-state index is 13.2. The Bertz CT molecular complexity index is 1270. The van der Waals surface area contributed by atoms with Crippen LogP contribution in [0.3, 0.4) is 0 Å². The average Bonchev–Trinajstić information content (AvgIpc) is 3.45. The van der Waals surface area contributed by atoms with Gasteiger partial charge in [-0.3, -0.25) is 14.9 Å². The molecule has 4 aromatic rings. The van der Waals surface area contributed by atoms with Crippen molar-refractivity contribution in [2.75, 3.05) is 16.4 Å². The quantitative estimate of drug-likeness (QED) is 0.278. The average molecular weight is 490 g/mol. The molecular weight excluding hydrogens is 477 g/mol. The molecule has 0 aliphatic carbocycles. The lowest BCUT2D eigenvalue weighted by atomic mass is 10.1. The van der Waals surface area contributed by atoms with Gasteiger partial charge in [0.15, 0.2) is 15.8 Å². The zero-order valence-corrected chi connectivity index (χ0v) is 18.4. The van der Waals surface area contributed by atoms with Crippen LogP contribution in [0.2, 0.25) is 5.02 Å². The Labute approximate surface area is 194 Å². The van der Waals surface area contributed by atoms with Gasteiger partial charge in [-0.1, -0.05) is 70.2 Å². The third-order valence-electron chi connectivity index (χ3n) is 3.96. The molecule has 0 aliphatic heterocycles. The van der Waals surface area contributed by atoms with E-state index < -0.39 is 11.7 Å². The molecule has 0 radical (unpaired) electrons. The van der Waals surface area contributed by atoms with E-state index >= 15 is 0 Å². The van der Waals surface area contributed by atoms with Crippen molar-refractivity contribution in [2.24, 2.45) is 0 Å². The van der Waals surface area contributed by atoms with E-state index in [9.17, 15) is 14.0 Å². The van der Waals surface area contributed by atoms with Crippen LogP contribution in [0.15, 0.2) is 63.5 Å². The minimum absolute atomic E-state index is 0.0430. The standard InChI is InChI=1S/C20H13ClFN5O3S2/c21-13-8-12(6-7-14(13)22)23-17(28)10-31-20-26-25-19(32-20)24-18(29)15-9-16(30-27-15)11-4-2-1-3-5-11/h1-9H,10H2,(H,23,28)(H,24,25,29). The predicted molar refractivity (Wildman–Crippen MR) is 121 cm³/mol. The molecule has 2 heterocycles. The van der Waals surface area contributed by atoms with Crippen molar-refractivity contribution in [3.8, 4) is 11.3 Å². The number of nitrogens with zero attached hydrogens (tertiary/aromatic N) is 3. The maximum atomic E-state index is 13.2. The monoisotopic (exact) mass is 489 g/mol. The number of hydrogen-bond acceptors (Lipinski definition) is 8. The molecule has 2 aromatic heterocycles. The molecule has 0 atom stereocenters. The number of benzene rings is 2. The molecule has 32 heavy (non-hydrogen) atoms. The van der Waals surface area contributed by atoms with Crippen LogP contribution < -0.4 is 10.6 Å². The first kappa shape index (κ1) is 21.9. The number of carbonyl (C=O) groups excluding carboxylic acids is 2. The van der Waals surface area contributed by atoms with Crippen LogP contribution in [0.4, 0.5) is 15.2 Å². The van der Waals surface area contributed by atoms with Gasteiger partial charge in [0.25, 0.3) is 5.91 Å². The Kier molecular flexibility index (Phi) is 6.78. The summed E-state index contributed by atoms with van der Waals surface area (Å²) < 4.78 is 18.9. The molecule has 0 bridgehead atoms. The van der Waals surface area contributed by atoms with E-state index in [2.05, 4.69) is 26.0 Å². The van der Waals surface area contributed by atoms with Crippen LogP contribution in [0.25, 0.3) is 11.3 Å². The van der Waals surface area contributed by atoms with E-state index in [-0.39, 0.29) is 27.5 Å². The van der Waals surface area contributed by atoms with Gasteiger partial charge in [-0.15, -0.1) is 10.2 Å². The summed E-state index contributed by atoms with van der Waals surface area (Å²) >= 11 is 7.95. The molecule has 0 fully saturated rings. The fourth-order valence-electron chi connectivity index (χ4n) is 2.50. The lowest BCUT2D eigenvalue weighted by Gasteiger charge is -2.04. The van der Waals surface area contributed by atoms with Gasteiger partial charge in [-0.2, -0.15) is 0 Å². The number of rotatable bonds is 7. The van der Waals surface area contributed by atoms with Crippen molar-refractivity contribution >= 4 is 57.3 Å². The zero-order chi connectivity index (χ0) is 22.5. The van der Waals surface area contributed by atoms with Gasteiger partial charge in [-0.05, 0) is 18.2 Å². The van der Waals surface area contributed by atoms with E-state index in [1.807, 2.05) is 30.3 Å². The highest BCUT2D eigenvalue weighted by molar-refractivity contribution is 8.01. The van der Waals surface area contributed by atoms with E-state index in [4.69, 9.17) is 16.1 Å². The Morgan fingerprint density at radius 1 is 1.09 bits per heavy atom. The summed E-state index contributed by atoms with van der Waals surface area (Å²) in [5.74, 6) is -0.868. The Hall–Kier alpha value is -3.28. The summed E-state index contributed by atoms with van der Waals surface area (Å²) in [6, 6.07) is 14.7. The van der Waals surface area contributed by atoms with Crippen LogP contribution in [-0.2, 0) is 4.79 Å². The highest BCUT2D eigenvalue weighted by Crippen LogP contribution is 2.27. The smallest absolute Gasteiger partial charge is 0.279 e. The second kappa shape index (κ2) is 9.90. The lowest BCUT2D eigenvalue weighted by Crippen LogP contribution is -2.13. The fourth-order valence-corrected chi connectivity index (χ4v) is 4.23. The Morgan fingerprint density at radius 3 is 2.69 bits per heavy atom. The maximum Gasteiger partial charge on any atom is 0.279 e. The van der Waals surface area contributed by atoms with Gasteiger partial charge < -0.3 is 9.84 Å². The first-order valence-corrected chi connectivity index (χ1v) is 11.2. The molecule has 0 spiro atoms. The first-order chi connectivity index (χ1) is 15.5. The summed E-state index contributed by atoms with van der Waals surface area (Å²) in [6.07, 6.45) is 0. The third-order valence-corrected chi connectivity index (χ3v) is 6.22. The molecule has 0 unspecified atom stereocenters. The van der Waals surface area contributed by atoms with Crippen LogP contribution >= 0.6 is 34.7 Å². The van der Waals surface area contributed by atoms with Crippen molar-refractivity contribution < 1.29 is 18.5 Å². The molecular formula is C20H13ClFN5O3S2. The largest absolute Gasteiger partial charge is 0.355 e. The number of aromatic nitrogens is 3. The van der Waals surface area contributed by atoms with Gasteiger partial charge >= 0.3 is 0 Å². The predicted octanol–water partition coefficient (Wildman–Crippen LogP) is 4.97. The van der Waals surface area contributed by atoms with E-state index in [0.717, 1.165) is 28.7 Å². The second-order valence-electron chi connectivity index (χ2n) is 6.24. The van der Waals surface area contributed by atoms with E-state index in [1.165, 1.54) is 24.3 Å². The molecule has 2 amide bonds. The fraction of sp³-hybridized carbons (Fsp3) is 0.0500. The summed E-state index contributed by atoms with van der Waals surface area (Å²) in [7, 11) is 0. The topological polar surface area (TPSA) is 110 Å². The SMILES string of the molecule is O=C(CSc1nnc(NC(=O)c2cc(-c3ccccc3)on2)s1)Nc1ccc(F)c(Cl)c1. The van der Waals surface area contributed by atoms with Crippen LogP contribution in [0.1, 0.15) is 10.5 Å². The molecule has 0 saturated heterocycles. The molecule has 0 saturated carbocycles. The number of nitrogens with one attached hydrogen (secondary N) is 2. The molecule has 2 N–H and O–H groups in total. The summed E-state index contributed by atoms with van der Waals surface area (Å²) in [5, 5.41) is 17.0. The normalized spacial score (nSPS) is 10.7. The number of amides is 2. The van der Waals surface area contributed by atoms with Crippen molar-refractivity contribution in [1.29, 1.82) is 0 Å². The van der Waals surface area contributed by atoms with Gasteiger partial charge in [0.1, 0.15) is 5.82 Å². The van der Waals surface area contributed by atoms with Crippen LogP contribution in [0, 0.1) is 5.82 Å². The summed E-state index contributed by atoms with van der Waals surface area (Å²) in [4.78, 5) is 24.5. The van der Waals surface area contributed by atoms with Gasteiger partial charge in [0.05, 0.1) is 10.8 Å². The number of anilines is 2. The molecule has 8 nitrogen and oxygen atoms in total. The molecule has 4 rings (SSSR count). The Balaban J connectivity index is 1.30. The van der Waals surface area contributed by atoms with Crippen molar-refractivity contribution in [3.05, 3.63) is 71.1 Å². The second-order valence-corrected chi connectivity index (χ2v) is 8.84. The van der Waals surface area contributed by atoms with Gasteiger partial charge in [-0.25, -0.2) is 4.39 Å². The molecule has 12 heteroatoms. The lowest BCUT2D eigenvalue weighted by molar-refractivity contribution is -0.113. The number of hydrogen-bond donors (Lipinski definition) is 2. The number of carbonyl (C=O) groups is 2.